The van der Waals surface area contributed by atoms with Gasteiger partial charge in [-0.3, -0.25) is 9.59 Å². The van der Waals surface area contributed by atoms with Gasteiger partial charge in [-0.1, -0.05) is 30.3 Å². The van der Waals surface area contributed by atoms with Crippen molar-refractivity contribution < 1.29 is 58.2 Å². The second kappa shape index (κ2) is 11.0. The smallest absolute Gasteiger partial charge is 0.435 e. The third kappa shape index (κ3) is 5.34. The molecule has 4 rings (SSSR count). The molecule has 15 heteroatoms. The number of alkyl halides is 7. The number of carboxylic acids is 1. The minimum atomic E-state index is -6.39. The van der Waals surface area contributed by atoms with Gasteiger partial charge in [-0.05, 0) is 69.2 Å². The predicted octanol–water partition coefficient (Wildman–Crippen LogP) is 6.61. The molecule has 1 saturated carbocycles. The fraction of sp³-hybridized carbons (Fsp3) is 0.517. The number of amides is 1. The van der Waals surface area contributed by atoms with E-state index in [1.54, 1.807) is 6.92 Å². The summed E-state index contributed by atoms with van der Waals surface area (Å²) in [5.41, 5.74) is -8.80. The molecule has 1 heterocycles. The molecule has 1 saturated heterocycles. The van der Waals surface area contributed by atoms with Crippen molar-refractivity contribution in [3.8, 4) is 0 Å². The SMILES string of the molecule is Cc1ccc(S(=O)(=O)C2(c3ccc(C(F)(C(F)(F)F)C(F)(F)F)cc3)CCN(C(=O)C3CCC(C)(C(=O)O)CC3)C2)cc1F. The van der Waals surface area contributed by atoms with Crippen molar-refractivity contribution in [3.63, 3.8) is 0 Å². The highest BCUT2D eigenvalue weighted by Gasteiger charge is 2.73. The fourth-order valence-corrected chi connectivity index (χ4v) is 8.10. The number of nitrogens with zero attached hydrogens (tertiary/aromatic N) is 1. The number of sulfone groups is 1. The van der Waals surface area contributed by atoms with Crippen LogP contribution in [-0.4, -0.2) is 55.7 Å². The Kier molecular flexibility index (Phi) is 8.40. The lowest BCUT2D eigenvalue weighted by atomic mass is 9.71. The molecule has 242 valence electrons. The number of rotatable bonds is 6. The summed E-state index contributed by atoms with van der Waals surface area (Å²) in [5.74, 6) is -3.04. The lowest BCUT2D eigenvalue weighted by Gasteiger charge is -2.35. The Labute approximate surface area is 248 Å². The van der Waals surface area contributed by atoms with Crippen LogP contribution < -0.4 is 0 Å². The minimum absolute atomic E-state index is 0.106. The van der Waals surface area contributed by atoms with Gasteiger partial charge >= 0.3 is 24.0 Å². The number of carboxylic acid groups (broad SMARTS) is 1. The Balaban J connectivity index is 1.77. The summed E-state index contributed by atoms with van der Waals surface area (Å²) < 4.78 is 135. The quantitative estimate of drug-likeness (QED) is 0.354. The van der Waals surface area contributed by atoms with Gasteiger partial charge < -0.3 is 10.0 Å². The van der Waals surface area contributed by atoms with Crippen molar-refractivity contribution in [2.75, 3.05) is 13.1 Å². The lowest BCUT2D eigenvalue weighted by molar-refractivity contribution is -0.348. The molecular formula is C29H29F8NO5S. The Morgan fingerprint density at radius 1 is 0.909 bits per heavy atom. The summed E-state index contributed by atoms with van der Waals surface area (Å²) in [6.07, 6.45) is -12.4. The molecule has 1 amide bonds. The maximum absolute atomic E-state index is 14.7. The molecule has 6 nitrogen and oxygen atoms in total. The van der Waals surface area contributed by atoms with Crippen LogP contribution >= 0.6 is 0 Å². The molecule has 1 N–H and O–H groups in total. The first kappa shape index (κ1) is 33.7. The van der Waals surface area contributed by atoms with Crippen LogP contribution in [-0.2, 0) is 29.8 Å². The molecule has 0 bridgehead atoms. The normalized spacial score (nSPS) is 25.2. The van der Waals surface area contributed by atoms with Crippen molar-refractivity contribution in [1.29, 1.82) is 0 Å². The predicted molar refractivity (Wildman–Crippen MR) is 140 cm³/mol. The first-order valence-electron chi connectivity index (χ1n) is 13.6. The largest absolute Gasteiger partial charge is 0.481 e. The van der Waals surface area contributed by atoms with Gasteiger partial charge in [0.25, 0.3) is 0 Å². The zero-order valence-corrected chi connectivity index (χ0v) is 24.3. The van der Waals surface area contributed by atoms with Crippen LogP contribution in [0.2, 0.25) is 0 Å². The standard InChI is InChI=1S/C29H29F8NO5S/c1-17-3-8-21(15-22(17)30)44(42,43)26(19-4-6-20(7-5-19)27(31,28(32,33)34)29(35,36)37)13-14-38(16-26)23(39)18-9-11-25(2,12-10-18)24(40)41/h3-8,15,18H,9-14,16H2,1-2H3,(H,40,41). The average Bonchev–Trinajstić information content (AvgIpc) is 3.40. The van der Waals surface area contributed by atoms with E-state index in [1.165, 1.54) is 17.9 Å². The number of halogens is 8. The van der Waals surface area contributed by atoms with E-state index in [1.807, 2.05) is 0 Å². The highest BCUT2D eigenvalue weighted by atomic mass is 32.2. The third-order valence-corrected chi connectivity index (χ3v) is 11.5. The van der Waals surface area contributed by atoms with Gasteiger partial charge in [0.15, 0.2) is 9.84 Å². The summed E-state index contributed by atoms with van der Waals surface area (Å²) in [4.78, 5) is 25.8. The molecule has 1 aliphatic heterocycles. The second-order valence-electron chi connectivity index (χ2n) is 11.8. The Morgan fingerprint density at radius 3 is 1.93 bits per heavy atom. The molecule has 0 radical (unpaired) electrons. The topological polar surface area (TPSA) is 91.8 Å². The Bertz CT molecular complexity index is 1530. The van der Waals surface area contributed by atoms with Crippen LogP contribution in [0, 0.1) is 24.1 Å². The second-order valence-corrected chi connectivity index (χ2v) is 14.0. The van der Waals surface area contributed by atoms with E-state index < -0.39 is 78.6 Å². The van der Waals surface area contributed by atoms with Crippen molar-refractivity contribution >= 4 is 21.7 Å². The molecular weight excluding hydrogens is 626 g/mol. The molecule has 2 aromatic rings. The fourth-order valence-electron chi connectivity index (χ4n) is 6.01. The number of carbonyl (C=O) groups is 2. The van der Waals surface area contributed by atoms with Crippen molar-refractivity contribution in [2.24, 2.45) is 11.3 Å². The molecule has 0 aromatic heterocycles. The van der Waals surface area contributed by atoms with Crippen molar-refractivity contribution in [3.05, 3.63) is 65.0 Å². The van der Waals surface area contributed by atoms with Gasteiger partial charge in [0, 0.05) is 24.6 Å². The first-order valence-corrected chi connectivity index (χ1v) is 15.1. The highest BCUT2D eigenvalue weighted by Crippen LogP contribution is 2.54. The van der Waals surface area contributed by atoms with Gasteiger partial charge in [0.2, 0.25) is 5.91 Å². The van der Waals surface area contributed by atoms with E-state index in [-0.39, 0.29) is 61.9 Å². The van der Waals surface area contributed by atoms with E-state index in [9.17, 15) is 58.2 Å². The molecule has 1 unspecified atom stereocenters. The van der Waals surface area contributed by atoms with Gasteiger partial charge in [-0.2, -0.15) is 26.3 Å². The molecule has 1 atom stereocenters. The summed E-state index contributed by atoms with van der Waals surface area (Å²) >= 11 is 0. The number of carbonyl (C=O) groups excluding carboxylic acids is 1. The van der Waals surface area contributed by atoms with E-state index in [0.717, 1.165) is 12.1 Å². The average molecular weight is 656 g/mol. The minimum Gasteiger partial charge on any atom is -0.481 e. The van der Waals surface area contributed by atoms with Gasteiger partial charge in [0.1, 0.15) is 10.6 Å². The number of aliphatic carboxylic acids is 1. The van der Waals surface area contributed by atoms with Crippen LogP contribution in [0.15, 0.2) is 47.4 Å². The monoisotopic (exact) mass is 655 g/mol. The maximum atomic E-state index is 14.7. The van der Waals surface area contributed by atoms with Crippen LogP contribution in [0.1, 0.15) is 55.7 Å². The lowest BCUT2D eigenvalue weighted by Crippen LogP contribution is -2.50. The van der Waals surface area contributed by atoms with Crippen LogP contribution in [0.5, 0.6) is 0 Å². The number of hydrogen-bond donors (Lipinski definition) is 1. The highest BCUT2D eigenvalue weighted by molar-refractivity contribution is 7.92. The van der Waals surface area contributed by atoms with Gasteiger partial charge in [-0.15, -0.1) is 0 Å². The number of benzene rings is 2. The first-order chi connectivity index (χ1) is 20.1. The third-order valence-electron chi connectivity index (χ3n) is 9.06. The van der Waals surface area contributed by atoms with Gasteiger partial charge in [-0.25, -0.2) is 17.2 Å². The molecule has 1 aliphatic carbocycles. The van der Waals surface area contributed by atoms with Crippen LogP contribution in [0.3, 0.4) is 0 Å². The molecule has 44 heavy (non-hydrogen) atoms. The molecule has 0 spiro atoms. The zero-order valence-electron chi connectivity index (χ0n) is 23.5. The summed E-state index contributed by atoms with van der Waals surface area (Å²) in [5, 5.41) is 9.48. The van der Waals surface area contributed by atoms with Crippen molar-refractivity contribution in [1.82, 2.24) is 4.90 Å². The molecule has 2 fully saturated rings. The van der Waals surface area contributed by atoms with E-state index in [4.69, 9.17) is 0 Å². The van der Waals surface area contributed by atoms with Gasteiger partial charge in [0.05, 0.1) is 10.3 Å². The number of likely N-dealkylation sites (tertiary alicyclic amines) is 1. The number of aryl methyl sites for hydroxylation is 1. The Hall–Kier alpha value is -3.23. The summed E-state index contributed by atoms with van der Waals surface area (Å²) in [6, 6.07) is 4.74. The van der Waals surface area contributed by atoms with E-state index in [2.05, 4.69) is 0 Å². The molecule has 2 aromatic carbocycles. The van der Waals surface area contributed by atoms with Crippen LogP contribution in [0.4, 0.5) is 35.1 Å². The number of hydrogen-bond acceptors (Lipinski definition) is 4. The zero-order chi connectivity index (χ0) is 33.1. The maximum Gasteiger partial charge on any atom is 0.435 e. The summed E-state index contributed by atoms with van der Waals surface area (Å²) in [7, 11) is -4.67. The van der Waals surface area contributed by atoms with E-state index in [0.29, 0.717) is 12.1 Å². The summed E-state index contributed by atoms with van der Waals surface area (Å²) in [6.45, 7) is 2.17. The Morgan fingerprint density at radius 2 is 1.45 bits per heavy atom. The van der Waals surface area contributed by atoms with Crippen molar-refractivity contribution in [2.45, 2.75) is 73.6 Å². The van der Waals surface area contributed by atoms with E-state index >= 15 is 0 Å². The molecule has 2 aliphatic rings. The van der Waals surface area contributed by atoms with Crippen LogP contribution in [0.25, 0.3) is 0 Å².